The zero-order valence-electron chi connectivity index (χ0n) is 20.0. The number of hydrogen-bond donors (Lipinski definition) is 2. The van der Waals surface area contributed by atoms with E-state index in [1.807, 2.05) is 13.8 Å². The van der Waals surface area contributed by atoms with E-state index in [1.54, 1.807) is 29.9 Å². The van der Waals surface area contributed by atoms with Crippen molar-refractivity contribution in [2.24, 2.45) is 7.05 Å². The number of fused-ring (bicyclic) bond motifs is 1. The topological polar surface area (TPSA) is 95.2 Å². The molecule has 2 aromatic heterocycles. The highest BCUT2D eigenvalue weighted by molar-refractivity contribution is 5.93. The largest absolute Gasteiger partial charge is 0.493 e. The van der Waals surface area contributed by atoms with Gasteiger partial charge < -0.3 is 20.1 Å². The Labute approximate surface area is 200 Å². The summed E-state index contributed by atoms with van der Waals surface area (Å²) in [6.45, 7) is 3.90. The molecule has 0 saturated heterocycles. The van der Waals surface area contributed by atoms with Crippen LogP contribution in [-0.4, -0.2) is 45.9 Å². The summed E-state index contributed by atoms with van der Waals surface area (Å²) in [5.41, 5.74) is 3.01. The molecule has 12 heteroatoms. The van der Waals surface area contributed by atoms with E-state index in [2.05, 4.69) is 20.8 Å². The van der Waals surface area contributed by atoms with E-state index in [0.717, 1.165) is 21.6 Å². The number of anilines is 1. The molecule has 3 heterocycles. The molecule has 0 spiro atoms. The van der Waals surface area contributed by atoms with Gasteiger partial charge in [-0.05, 0) is 31.5 Å². The van der Waals surface area contributed by atoms with Gasteiger partial charge in [0.25, 0.3) is 5.91 Å². The molecule has 2 atom stereocenters. The first-order valence-corrected chi connectivity index (χ1v) is 11.0. The van der Waals surface area contributed by atoms with Crippen LogP contribution in [0.1, 0.15) is 51.5 Å². The molecule has 0 fully saturated rings. The van der Waals surface area contributed by atoms with Crippen LogP contribution in [0.15, 0.2) is 24.3 Å². The number of halogens is 3. The first-order valence-electron chi connectivity index (χ1n) is 11.0. The maximum Gasteiger partial charge on any atom is 0.410 e. The van der Waals surface area contributed by atoms with Crippen molar-refractivity contribution in [2.75, 3.05) is 19.5 Å². The number of alkyl halides is 3. The molecule has 35 heavy (non-hydrogen) atoms. The molecule has 2 unspecified atom stereocenters. The third-order valence-electron chi connectivity index (χ3n) is 6.32. The number of nitrogens with one attached hydrogen (secondary N) is 2. The Morgan fingerprint density at radius 2 is 1.89 bits per heavy atom. The van der Waals surface area contributed by atoms with Crippen LogP contribution < -0.4 is 20.1 Å². The summed E-state index contributed by atoms with van der Waals surface area (Å²) >= 11 is 0. The van der Waals surface area contributed by atoms with E-state index in [1.165, 1.54) is 20.3 Å². The Hall–Kier alpha value is -3.70. The number of ether oxygens (including phenoxy) is 2. The van der Waals surface area contributed by atoms with Gasteiger partial charge in [-0.25, -0.2) is 4.68 Å². The van der Waals surface area contributed by atoms with Gasteiger partial charge in [-0.3, -0.25) is 9.48 Å². The summed E-state index contributed by atoms with van der Waals surface area (Å²) in [7, 11) is 4.75. The quantitative estimate of drug-likeness (QED) is 0.543. The zero-order chi connectivity index (χ0) is 25.5. The smallest absolute Gasteiger partial charge is 0.410 e. The summed E-state index contributed by atoms with van der Waals surface area (Å²) in [4.78, 5) is 12.8. The predicted molar refractivity (Wildman–Crippen MR) is 122 cm³/mol. The van der Waals surface area contributed by atoms with Crippen molar-refractivity contribution < 1.29 is 27.4 Å². The molecule has 0 saturated carbocycles. The standard InChI is InChI=1S/C23H27F3N6O3/c1-12-15(13(2)31(3)29-12)11-27-22(33)17-10-21-28-16(9-20(23(24,25)26)32(21)30-17)14-6-7-18(34-4)19(8-14)35-5/h6-8,10,16,20,28H,9,11H2,1-5H3,(H,27,33). The molecule has 1 aliphatic heterocycles. The molecule has 2 N–H and O–H groups in total. The van der Waals surface area contributed by atoms with Crippen LogP contribution in [-0.2, 0) is 13.6 Å². The number of hydrogen-bond acceptors (Lipinski definition) is 6. The molecule has 0 aliphatic carbocycles. The number of aromatic nitrogens is 4. The Bertz CT molecular complexity index is 1250. The van der Waals surface area contributed by atoms with Crippen molar-refractivity contribution in [3.63, 3.8) is 0 Å². The second kappa shape index (κ2) is 9.16. The van der Waals surface area contributed by atoms with E-state index in [4.69, 9.17) is 9.47 Å². The van der Waals surface area contributed by atoms with Crippen LogP contribution in [0.5, 0.6) is 11.5 Å². The maximum atomic E-state index is 14.0. The predicted octanol–water partition coefficient (Wildman–Crippen LogP) is 3.84. The van der Waals surface area contributed by atoms with Crippen molar-refractivity contribution in [3.05, 3.63) is 52.5 Å². The third kappa shape index (κ3) is 4.64. The fourth-order valence-corrected chi connectivity index (χ4v) is 4.31. The normalized spacial score (nSPS) is 17.5. The number of aryl methyl sites for hydroxylation is 2. The molecule has 3 aromatic rings. The second-order valence-corrected chi connectivity index (χ2v) is 8.42. The lowest BCUT2D eigenvalue weighted by molar-refractivity contribution is -0.173. The van der Waals surface area contributed by atoms with E-state index in [0.29, 0.717) is 17.1 Å². The highest BCUT2D eigenvalue weighted by atomic mass is 19.4. The fourth-order valence-electron chi connectivity index (χ4n) is 4.31. The van der Waals surface area contributed by atoms with Gasteiger partial charge >= 0.3 is 6.18 Å². The molecular formula is C23H27F3N6O3. The number of methoxy groups -OCH3 is 2. The monoisotopic (exact) mass is 492 g/mol. The van der Waals surface area contributed by atoms with Gasteiger partial charge in [0.15, 0.2) is 23.2 Å². The van der Waals surface area contributed by atoms with Crippen molar-refractivity contribution in [1.82, 2.24) is 24.9 Å². The molecule has 1 aliphatic rings. The van der Waals surface area contributed by atoms with Crippen LogP contribution >= 0.6 is 0 Å². The summed E-state index contributed by atoms with van der Waals surface area (Å²) in [6.07, 6.45) is -4.86. The number of amides is 1. The van der Waals surface area contributed by atoms with Gasteiger partial charge in [-0.15, -0.1) is 0 Å². The van der Waals surface area contributed by atoms with Crippen LogP contribution in [0.4, 0.5) is 19.0 Å². The average Bonchev–Trinajstić information content (AvgIpc) is 3.35. The van der Waals surface area contributed by atoms with Gasteiger partial charge in [0, 0.05) is 37.3 Å². The molecule has 9 nitrogen and oxygen atoms in total. The van der Waals surface area contributed by atoms with Crippen LogP contribution in [0.25, 0.3) is 0 Å². The van der Waals surface area contributed by atoms with Crippen molar-refractivity contribution in [2.45, 2.75) is 45.1 Å². The SMILES string of the molecule is COc1ccc(C2CC(C(F)(F)F)n3nc(C(=O)NCc4c(C)nn(C)c4C)cc3N2)cc1OC. The third-order valence-corrected chi connectivity index (χ3v) is 6.32. The lowest BCUT2D eigenvalue weighted by Crippen LogP contribution is -2.35. The Morgan fingerprint density at radius 1 is 1.17 bits per heavy atom. The summed E-state index contributed by atoms with van der Waals surface area (Å²) in [5.74, 6) is 0.426. The lowest BCUT2D eigenvalue weighted by atomic mass is 9.96. The molecule has 1 amide bonds. The molecule has 0 radical (unpaired) electrons. The number of rotatable bonds is 6. The van der Waals surface area contributed by atoms with Crippen molar-refractivity contribution in [1.29, 1.82) is 0 Å². The average molecular weight is 493 g/mol. The minimum atomic E-state index is -4.56. The minimum Gasteiger partial charge on any atom is -0.493 e. The van der Waals surface area contributed by atoms with Crippen LogP contribution in [0.3, 0.4) is 0 Å². The zero-order valence-corrected chi connectivity index (χ0v) is 20.0. The highest BCUT2D eigenvalue weighted by Crippen LogP contribution is 2.44. The van der Waals surface area contributed by atoms with E-state index < -0.39 is 24.2 Å². The van der Waals surface area contributed by atoms with E-state index in [-0.39, 0.29) is 24.5 Å². The molecular weight excluding hydrogens is 465 g/mol. The van der Waals surface area contributed by atoms with Crippen molar-refractivity contribution >= 4 is 11.7 Å². The van der Waals surface area contributed by atoms with E-state index >= 15 is 0 Å². The van der Waals surface area contributed by atoms with Crippen LogP contribution in [0.2, 0.25) is 0 Å². The lowest BCUT2D eigenvalue weighted by Gasteiger charge is -2.33. The van der Waals surface area contributed by atoms with Gasteiger partial charge in [0.05, 0.1) is 26.0 Å². The van der Waals surface area contributed by atoms with Gasteiger partial charge in [0.1, 0.15) is 5.82 Å². The molecule has 1 aromatic carbocycles. The number of carbonyl (C=O) groups excluding carboxylic acids is 1. The van der Waals surface area contributed by atoms with Gasteiger partial charge in [-0.2, -0.15) is 23.4 Å². The van der Waals surface area contributed by atoms with E-state index in [9.17, 15) is 18.0 Å². The fraction of sp³-hybridized carbons (Fsp3) is 0.435. The minimum absolute atomic E-state index is 0.103. The Morgan fingerprint density at radius 3 is 2.49 bits per heavy atom. The number of nitrogens with zero attached hydrogens (tertiary/aromatic N) is 4. The highest BCUT2D eigenvalue weighted by Gasteiger charge is 2.47. The Kier molecular flexibility index (Phi) is 6.39. The first kappa shape index (κ1) is 24.4. The number of carbonyl (C=O) groups is 1. The van der Waals surface area contributed by atoms with Gasteiger partial charge in [-0.1, -0.05) is 6.07 Å². The second-order valence-electron chi connectivity index (χ2n) is 8.42. The Balaban J connectivity index is 1.60. The van der Waals surface area contributed by atoms with Crippen molar-refractivity contribution in [3.8, 4) is 11.5 Å². The molecule has 188 valence electrons. The summed E-state index contributed by atoms with van der Waals surface area (Å²) in [5, 5.41) is 14.1. The molecule has 0 bridgehead atoms. The number of benzene rings is 1. The van der Waals surface area contributed by atoms with Gasteiger partial charge in [0.2, 0.25) is 0 Å². The molecule has 4 rings (SSSR count). The first-order chi connectivity index (χ1) is 16.5. The van der Waals surface area contributed by atoms with Crippen LogP contribution in [0, 0.1) is 13.8 Å². The maximum absolute atomic E-state index is 14.0. The summed E-state index contributed by atoms with van der Waals surface area (Å²) < 4.78 is 55.1. The summed E-state index contributed by atoms with van der Waals surface area (Å²) in [6, 6.07) is 3.73.